The summed E-state index contributed by atoms with van der Waals surface area (Å²) in [7, 11) is 0. The van der Waals surface area contributed by atoms with Crippen LogP contribution in [0.15, 0.2) is 23.4 Å². The molecule has 2 heterocycles. The molecule has 0 aliphatic carbocycles. The molecule has 23 heavy (non-hydrogen) atoms. The maximum absolute atomic E-state index is 12.0. The maximum Gasteiger partial charge on any atom is 0.410 e. The minimum Gasteiger partial charge on any atom is -0.481 e. The fourth-order valence-corrected chi connectivity index (χ4v) is 3.67. The second kappa shape index (κ2) is 6.57. The molecule has 6 nitrogen and oxygen atoms in total. The van der Waals surface area contributed by atoms with E-state index < -0.39 is 22.4 Å². The van der Waals surface area contributed by atoms with Gasteiger partial charge in [0.15, 0.2) is 0 Å². The topological polar surface area (TPSA) is 79.7 Å². The van der Waals surface area contributed by atoms with Gasteiger partial charge in [0, 0.05) is 19.3 Å². The fraction of sp³-hybridized carbons (Fsp3) is 0.533. The molecule has 2 rings (SSSR count). The lowest BCUT2D eigenvalue weighted by Gasteiger charge is -2.48. The molecule has 1 aromatic heterocycles. The van der Waals surface area contributed by atoms with Gasteiger partial charge in [0.1, 0.15) is 5.60 Å². The van der Waals surface area contributed by atoms with Gasteiger partial charge in [-0.3, -0.25) is 4.79 Å². The van der Waals surface area contributed by atoms with Crippen LogP contribution in [0.3, 0.4) is 0 Å². The maximum atomic E-state index is 12.0. The third-order valence-electron chi connectivity index (χ3n) is 3.10. The van der Waals surface area contributed by atoms with E-state index >= 15 is 0 Å². The van der Waals surface area contributed by atoms with Crippen molar-refractivity contribution in [3.63, 3.8) is 0 Å². The van der Waals surface area contributed by atoms with E-state index in [-0.39, 0.29) is 6.42 Å². The number of amides is 1. The molecule has 0 spiro atoms. The number of carbonyl (C=O) groups is 2. The first-order valence-corrected chi connectivity index (χ1v) is 8.28. The Hall–Kier alpha value is -1.47. The standard InChI is InChI=1S/C15H19ClN2O4S/c1-14(2,3)22-13(21)18-8-15(9-18,6-12(19)20)23-11-5-4-10(16)7-17-11/h4-5,7H,6,8-9H2,1-3H3,(H,19,20). The molecule has 8 heteroatoms. The minimum absolute atomic E-state index is 0.0543. The van der Waals surface area contributed by atoms with Crippen LogP contribution in [0.4, 0.5) is 4.79 Å². The van der Waals surface area contributed by atoms with E-state index in [9.17, 15) is 9.59 Å². The number of carboxylic acids is 1. The summed E-state index contributed by atoms with van der Waals surface area (Å²) < 4.78 is 4.71. The van der Waals surface area contributed by atoms with Crippen molar-refractivity contribution in [2.75, 3.05) is 13.1 Å². The SMILES string of the molecule is CC(C)(C)OC(=O)N1CC(CC(=O)O)(Sc2ccc(Cl)cn2)C1. The van der Waals surface area contributed by atoms with E-state index in [0.717, 1.165) is 0 Å². The fourth-order valence-electron chi connectivity index (χ4n) is 2.24. The number of likely N-dealkylation sites (tertiary alicyclic amines) is 1. The second-order valence-electron chi connectivity index (χ2n) is 6.51. The zero-order valence-electron chi connectivity index (χ0n) is 13.2. The van der Waals surface area contributed by atoms with Crippen LogP contribution in [0, 0.1) is 0 Å². The lowest BCUT2D eigenvalue weighted by molar-refractivity contribution is -0.138. The summed E-state index contributed by atoms with van der Waals surface area (Å²) in [6.07, 6.45) is 1.03. The molecule has 0 aromatic carbocycles. The molecule has 0 saturated carbocycles. The zero-order chi connectivity index (χ0) is 17.3. The number of carbonyl (C=O) groups excluding carboxylic acids is 1. The Bertz CT molecular complexity index is 594. The molecule has 1 aliphatic rings. The average Bonchev–Trinajstić information content (AvgIpc) is 2.35. The van der Waals surface area contributed by atoms with Crippen LogP contribution in [0.5, 0.6) is 0 Å². The number of ether oxygens (including phenoxy) is 1. The molecule has 1 N–H and O–H groups in total. The molecule has 1 aromatic rings. The molecule has 1 amide bonds. The molecule has 0 bridgehead atoms. The van der Waals surface area contributed by atoms with Crippen LogP contribution in [-0.4, -0.2) is 50.5 Å². The molecule has 0 atom stereocenters. The Labute approximate surface area is 144 Å². The summed E-state index contributed by atoms with van der Waals surface area (Å²) >= 11 is 7.16. The van der Waals surface area contributed by atoms with Crippen molar-refractivity contribution < 1.29 is 19.4 Å². The third-order valence-corrected chi connectivity index (χ3v) is 4.61. The highest BCUT2D eigenvalue weighted by Gasteiger charge is 2.49. The number of aliphatic carboxylic acids is 1. The van der Waals surface area contributed by atoms with Crippen LogP contribution < -0.4 is 0 Å². The third kappa shape index (κ3) is 5.00. The molecule has 0 unspecified atom stereocenters. The summed E-state index contributed by atoms with van der Waals surface area (Å²) in [6, 6.07) is 3.45. The van der Waals surface area contributed by atoms with Crippen molar-refractivity contribution in [1.29, 1.82) is 0 Å². The number of thioether (sulfide) groups is 1. The number of carboxylic acid groups (broad SMARTS) is 1. The number of hydrogen-bond acceptors (Lipinski definition) is 5. The second-order valence-corrected chi connectivity index (χ2v) is 8.43. The lowest BCUT2D eigenvalue weighted by atomic mass is 9.95. The predicted molar refractivity (Wildman–Crippen MR) is 87.9 cm³/mol. The van der Waals surface area contributed by atoms with Crippen molar-refractivity contribution in [3.8, 4) is 0 Å². The summed E-state index contributed by atoms with van der Waals surface area (Å²) in [4.78, 5) is 28.9. The van der Waals surface area contributed by atoms with Crippen LogP contribution >= 0.6 is 23.4 Å². The number of rotatable bonds is 4. The summed E-state index contributed by atoms with van der Waals surface area (Å²) in [5.41, 5.74) is -0.576. The van der Waals surface area contributed by atoms with Gasteiger partial charge in [-0.15, -0.1) is 0 Å². The van der Waals surface area contributed by atoms with E-state index in [4.69, 9.17) is 21.4 Å². The van der Waals surface area contributed by atoms with Gasteiger partial charge in [-0.05, 0) is 32.9 Å². The monoisotopic (exact) mass is 358 g/mol. The van der Waals surface area contributed by atoms with E-state index in [2.05, 4.69) is 4.98 Å². The highest BCUT2D eigenvalue weighted by molar-refractivity contribution is 8.00. The lowest BCUT2D eigenvalue weighted by Crippen LogP contribution is -2.62. The molecule has 126 valence electrons. The number of hydrogen-bond donors (Lipinski definition) is 1. The van der Waals surface area contributed by atoms with Gasteiger partial charge in [0.25, 0.3) is 0 Å². The Balaban J connectivity index is 2.04. The smallest absolute Gasteiger partial charge is 0.410 e. The van der Waals surface area contributed by atoms with Crippen molar-refractivity contribution in [3.05, 3.63) is 23.4 Å². The van der Waals surface area contributed by atoms with Crippen molar-refractivity contribution in [1.82, 2.24) is 9.88 Å². The Morgan fingerprint density at radius 3 is 2.57 bits per heavy atom. The molecule has 1 aliphatic heterocycles. The summed E-state index contributed by atoms with van der Waals surface area (Å²) in [5, 5.41) is 10.4. The molecule has 0 radical (unpaired) electrons. The zero-order valence-corrected chi connectivity index (χ0v) is 14.8. The van der Waals surface area contributed by atoms with Crippen molar-refractivity contribution in [2.24, 2.45) is 0 Å². The Morgan fingerprint density at radius 2 is 2.09 bits per heavy atom. The summed E-state index contributed by atoms with van der Waals surface area (Å²) in [5.74, 6) is -0.907. The van der Waals surface area contributed by atoms with Gasteiger partial charge in [-0.25, -0.2) is 9.78 Å². The molecular formula is C15H19ClN2O4S. The Morgan fingerprint density at radius 1 is 1.43 bits per heavy atom. The van der Waals surface area contributed by atoms with Gasteiger partial charge in [0.05, 0.1) is 21.2 Å². The van der Waals surface area contributed by atoms with Gasteiger partial charge < -0.3 is 14.7 Å². The van der Waals surface area contributed by atoms with E-state index in [1.54, 1.807) is 32.9 Å². The van der Waals surface area contributed by atoms with Gasteiger partial charge >= 0.3 is 12.1 Å². The van der Waals surface area contributed by atoms with Gasteiger partial charge in [-0.2, -0.15) is 0 Å². The van der Waals surface area contributed by atoms with Crippen LogP contribution in [-0.2, 0) is 9.53 Å². The van der Waals surface area contributed by atoms with Crippen LogP contribution in [0.25, 0.3) is 0 Å². The highest BCUT2D eigenvalue weighted by Crippen LogP contribution is 2.42. The first kappa shape index (κ1) is 17.9. The number of nitrogens with zero attached hydrogens (tertiary/aromatic N) is 2. The van der Waals surface area contributed by atoms with E-state index in [1.165, 1.54) is 22.9 Å². The van der Waals surface area contributed by atoms with E-state index in [1.807, 2.05) is 0 Å². The van der Waals surface area contributed by atoms with Crippen LogP contribution in [0.2, 0.25) is 5.02 Å². The quantitative estimate of drug-likeness (QED) is 0.889. The first-order valence-electron chi connectivity index (χ1n) is 7.09. The van der Waals surface area contributed by atoms with Crippen LogP contribution in [0.1, 0.15) is 27.2 Å². The summed E-state index contributed by atoms with van der Waals surface area (Å²) in [6.45, 7) is 6.00. The normalized spacial score (nSPS) is 16.6. The number of pyridine rings is 1. The predicted octanol–water partition coefficient (Wildman–Crippen LogP) is 3.29. The largest absolute Gasteiger partial charge is 0.481 e. The first-order chi connectivity index (χ1) is 10.6. The number of aromatic nitrogens is 1. The highest BCUT2D eigenvalue weighted by atomic mass is 35.5. The van der Waals surface area contributed by atoms with Crippen molar-refractivity contribution in [2.45, 2.75) is 42.6 Å². The average molecular weight is 359 g/mol. The Kier molecular flexibility index (Phi) is 5.10. The van der Waals surface area contributed by atoms with Gasteiger partial charge in [0.2, 0.25) is 0 Å². The number of halogens is 1. The van der Waals surface area contributed by atoms with E-state index in [0.29, 0.717) is 23.1 Å². The molecule has 1 saturated heterocycles. The minimum atomic E-state index is -0.907. The van der Waals surface area contributed by atoms with Gasteiger partial charge in [-0.1, -0.05) is 23.4 Å². The molecular weight excluding hydrogens is 340 g/mol. The van der Waals surface area contributed by atoms with Crippen molar-refractivity contribution >= 4 is 35.4 Å². The molecule has 1 fully saturated rings.